The first-order valence-electron chi connectivity index (χ1n) is 7.32. The smallest absolute Gasteiger partial charge is 0.277 e. The first-order valence-corrected chi connectivity index (χ1v) is 9.01. The minimum atomic E-state index is -0.554. The molecule has 8 heteroatoms. The Morgan fingerprint density at radius 3 is 2.76 bits per heavy atom. The second kappa shape index (κ2) is 6.23. The highest BCUT2D eigenvalue weighted by molar-refractivity contribution is 7.21. The van der Waals surface area contributed by atoms with E-state index in [1.807, 2.05) is 35.7 Å². The molecule has 124 valence electrons. The Morgan fingerprint density at radius 2 is 2.04 bits per heavy atom. The van der Waals surface area contributed by atoms with Crippen LogP contribution >= 0.6 is 22.7 Å². The largest absolute Gasteiger partial charge is 0.494 e. The number of primary amides is 1. The number of hydrogen-bond donors (Lipinski definition) is 1. The fourth-order valence-corrected chi connectivity index (χ4v) is 4.21. The number of amides is 1. The number of aromatic nitrogens is 3. The highest BCUT2D eigenvalue weighted by atomic mass is 32.1. The van der Waals surface area contributed by atoms with Gasteiger partial charge in [-0.3, -0.25) is 9.78 Å². The van der Waals surface area contributed by atoms with E-state index in [1.165, 1.54) is 22.7 Å². The number of hydrogen-bond acceptors (Lipinski definition) is 7. The van der Waals surface area contributed by atoms with Crippen molar-refractivity contribution in [3.63, 3.8) is 0 Å². The molecule has 2 N–H and O–H groups in total. The molecular formula is C17H12N4O2S2. The third kappa shape index (κ3) is 2.75. The van der Waals surface area contributed by atoms with Crippen LogP contribution in [0.3, 0.4) is 0 Å². The molecule has 0 radical (unpaired) electrons. The van der Waals surface area contributed by atoms with Gasteiger partial charge in [0.2, 0.25) is 0 Å². The van der Waals surface area contributed by atoms with Crippen molar-refractivity contribution in [3.8, 4) is 27.7 Å². The number of pyridine rings is 1. The summed E-state index contributed by atoms with van der Waals surface area (Å²) in [5.74, 6) is 0.0457. The molecule has 0 aliphatic rings. The number of nitrogens with two attached hydrogens (primary N) is 1. The number of thiazole rings is 2. The van der Waals surface area contributed by atoms with E-state index in [1.54, 1.807) is 13.3 Å². The Labute approximate surface area is 151 Å². The van der Waals surface area contributed by atoms with Gasteiger partial charge in [0.25, 0.3) is 5.91 Å². The van der Waals surface area contributed by atoms with Crippen molar-refractivity contribution in [1.29, 1.82) is 0 Å². The van der Waals surface area contributed by atoms with Gasteiger partial charge in [-0.15, -0.1) is 22.7 Å². The summed E-state index contributed by atoms with van der Waals surface area (Å²) in [4.78, 5) is 24.8. The molecule has 0 spiro atoms. The van der Waals surface area contributed by atoms with Gasteiger partial charge in [-0.1, -0.05) is 6.07 Å². The predicted molar refractivity (Wildman–Crippen MR) is 99.0 cm³/mol. The second-order valence-electron chi connectivity index (χ2n) is 5.13. The summed E-state index contributed by atoms with van der Waals surface area (Å²) < 4.78 is 6.18. The Bertz CT molecular complexity index is 1070. The van der Waals surface area contributed by atoms with E-state index < -0.39 is 5.91 Å². The lowest BCUT2D eigenvalue weighted by atomic mass is 10.1. The van der Waals surface area contributed by atoms with Crippen LogP contribution in [0.15, 0.2) is 41.9 Å². The fraction of sp³-hybridized carbons (Fsp3) is 0.0588. The fourth-order valence-electron chi connectivity index (χ4n) is 2.46. The number of carbonyl (C=O) groups excluding carboxylic acids is 1. The number of rotatable bonds is 4. The zero-order valence-corrected chi connectivity index (χ0v) is 14.7. The molecular weight excluding hydrogens is 356 g/mol. The molecule has 25 heavy (non-hydrogen) atoms. The highest BCUT2D eigenvalue weighted by Crippen LogP contribution is 2.39. The number of methoxy groups -OCH3 is 1. The number of nitrogens with zero attached hydrogens (tertiary/aromatic N) is 3. The summed E-state index contributed by atoms with van der Waals surface area (Å²) in [6.07, 6.45) is 1.74. The average Bonchev–Trinajstić information content (AvgIpc) is 3.29. The molecule has 0 saturated carbocycles. The Balaban J connectivity index is 1.87. The van der Waals surface area contributed by atoms with Crippen molar-refractivity contribution in [3.05, 3.63) is 46.9 Å². The Morgan fingerprint density at radius 1 is 1.16 bits per heavy atom. The number of benzene rings is 1. The van der Waals surface area contributed by atoms with Crippen LogP contribution in [0.5, 0.6) is 5.75 Å². The van der Waals surface area contributed by atoms with Crippen LogP contribution in [0.4, 0.5) is 0 Å². The molecule has 4 rings (SSSR count). The van der Waals surface area contributed by atoms with Crippen molar-refractivity contribution in [2.75, 3.05) is 7.11 Å². The zero-order valence-electron chi connectivity index (χ0n) is 13.1. The molecule has 0 aliphatic heterocycles. The minimum absolute atomic E-state index is 0.251. The second-order valence-corrected chi connectivity index (χ2v) is 6.99. The predicted octanol–water partition coefficient (Wildman–Crippen LogP) is 3.59. The molecule has 0 unspecified atom stereocenters. The lowest BCUT2D eigenvalue weighted by Gasteiger charge is -2.03. The van der Waals surface area contributed by atoms with Crippen molar-refractivity contribution >= 4 is 38.8 Å². The van der Waals surface area contributed by atoms with Gasteiger partial charge in [-0.2, -0.15) is 0 Å². The number of fused-ring (bicyclic) bond motifs is 1. The average molecular weight is 368 g/mol. The zero-order chi connectivity index (χ0) is 17.4. The highest BCUT2D eigenvalue weighted by Gasteiger charge is 2.18. The Hall–Kier alpha value is -2.84. The van der Waals surface area contributed by atoms with Crippen LogP contribution in [-0.2, 0) is 0 Å². The SMILES string of the molecule is COc1ccc(-c2csc(-c3ccccn3)n2)c2sc(C(N)=O)nc12. The first kappa shape index (κ1) is 15.7. The molecule has 6 nitrogen and oxygen atoms in total. The summed E-state index contributed by atoms with van der Waals surface area (Å²) in [6, 6.07) is 9.46. The van der Waals surface area contributed by atoms with E-state index in [9.17, 15) is 4.79 Å². The molecule has 3 heterocycles. The number of ether oxygens (including phenoxy) is 1. The molecule has 1 aromatic carbocycles. The number of carbonyl (C=O) groups is 1. The molecule has 0 aliphatic carbocycles. The Kier molecular flexibility index (Phi) is 3.90. The molecule has 0 bridgehead atoms. The van der Waals surface area contributed by atoms with Gasteiger partial charge in [0.1, 0.15) is 16.3 Å². The lowest BCUT2D eigenvalue weighted by Crippen LogP contribution is -2.09. The molecule has 0 saturated heterocycles. The maximum absolute atomic E-state index is 11.5. The third-order valence-corrected chi connectivity index (χ3v) is 5.57. The van der Waals surface area contributed by atoms with Gasteiger partial charge in [0.05, 0.1) is 23.2 Å². The van der Waals surface area contributed by atoms with Gasteiger partial charge >= 0.3 is 0 Å². The van der Waals surface area contributed by atoms with Crippen LogP contribution in [-0.4, -0.2) is 28.0 Å². The van der Waals surface area contributed by atoms with Gasteiger partial charge in [-0.05, 0) is 24.3 Å². The molecule has 0 fully saturated rings. The van der Waals surface area contributed by atoms with Crippen molar-refractivity contribution in [1.82, 2.24) is 15.0 Å². The van der Waals surface area contributed by atoms with E-state index in [4.69, 9.17) is 10.5 Å². The third-order valence-electron chi connectivity index (χ3n) is 3.60. The monoisotopic (exact) mass is 368 g/mol. The molecule has 0 atom stereocenters. The van der Waals surface area contributed by atoms with Crippen LogP contribution in [0.1, 0.15) is 9.80 Å². The summed E-state index contributed by atoms with van der Waals surface area (Å²) in [6.45, 7) is 0. The van der Waals surface area contributed by atoms with E-state index in [2.05, 4.69) is 15.0 Å². The van der Waals surface area contributed by atoms with E-state index >= 15 is 0 Å². The summed E-state index contributed by atoms with van der Waals surface area (Å²) >= 11 is 2.76. The normalized spacial score (nSPS) is 10.9. The maximum atomic E-state index is 11.5. The maximum Gasteiger partial charge on any atom is 0.277 e. The van der Waals surface area contributed by atoms with Crippen LogP contribution < -0.4 is 10.5 Å². The van der Waals surface area contributed by atoms with Crippen LogP contribution in [0, 0.1) is 0 Å². The van der Waals surface area contributed by atoms with Gasteiger partial charge in [0.15, 0.2) is 5.01 Å². The molecule has 1 amide bonds. The first-order chi connectivity index (χ1) is 12.2. The van der Waals surface area contributed by atoms with E-state index in [0.29, 0.717) is 11.3 Å². The summed E-state index contributed by atoms with van der Waals surface area (Å²) in [5, 5.41) is 3.05. The lowest BCUT2D eigenvalue weighted by molar-refractivity contribution is 0.1000. The van der Waals surface area contributed by atoms with Crippen LogP contribution in [0.25, 0.3) is 32.2 Å². The quantitative estimate of drug-likeness (QED) is 0.594. The van der Waals surface area contributed by atoms with Gasteiger partial charge in [0, 0.05) is 17.1 Å². The van der Waals surface area contributed by atoms with Crippen molar-refractivity contribution in [2.24, 2.45) is 5.73 Å². The van der Waals surface area contributed by atoms with Gasteiger partial charge in [-0.25, -0.2) is 9.97 Å². The summed E-state index contributed by atoms with van der Waals surface area (Å²) in [7, 11) is 1.57. The standard InChI is InChI=1S/C17H12N4O2S2/c1-23-12-6-5-9(14-13(12)21-17(25-14)15(18)22)11-8-24-16(20-11)10-4-2-3-7-19-10/h2-8H,1H3,(H2,18,22). The van der Waals surface area contributed by atoms with E-state index in [0.717, 1.165) is 26.7 Å². The molecule has 4 aromatic rings. The summed E-state index contributed by atoms with van der Waals surface area (Å²) in [5.41, 5.74) is 8.52. The van der Waals surface area contributed by atoms with Crippen molar-refractivity contribution in [2.45, 2.75) is 0 Å². The van der Waals surface area contributed by atoms with Crippen molar-refractivity contribution < 1.29 is 9.53 Å². The topological polar surface area (TPSA) is 91.0 Å². The van der Waals surface area contributed by atoms with E-state index in [-0.39, 0.29) is 5.01 Å². The van der Waals surface area contributed by atoms with Crippen LogP contribution in [0.2, 0.25) is 0 Å². The molecule has 3 aromatic heterocycles. The van der Waals surface area contributed by atoms with Gasteiger partial charge < -0.3 is 10.5 Å². The minimum Gasteiger partial charge on any atom is -0.494 e.